The molecule has 1 fully saturated rings. The predicted octanol–water partition coefficient (Wildman–Crippen LogP) is 4.27. The second kappa shape index (κ2) is 12.0. The number of nitrogens with zero attached hydrogens (tertiary/aromatic N) is 4. The lowest BCUT2D eigenvalue weighted by Crippen LogP contribution is -2.60. The van der Waals surface area contributed by atoms with Crippen LogP contribution in [0.25, 0.3) is 11.1 Å². The van der Waals surface area contributed by atoms with E-state index in [1.54, 1.807) is 48.8 Å². The number of piperazine rings is 1. The molecule has 3 aromatic rings. The van der Waals surface area contributed by atoms with E-state index in [0.29, 0.717) is 28.7 Å². The molecule has 8 nitrogen and oxygen atoms in total. The van der Waals surface area contributed by atoms with E-state index < -0.39 is 37.5 Å². The third kappa shape index (κ3) is 7.05. The van der Waals surface area contributed by atoms with E-state index in [-0.39, 0.29) is 24.8 Å². The number of aliphatic hydroxyl groups is 1. The molecule has 0 saturated carbocycles. The minimum Gasteiger partial charge on any atom is -0.435 e. The summed E-state index contributed by atoms with van der Waals surface area (Å²) in [6.45, 7) is -3.05. The van der Waals surface area contributed by atoms with Crippen LogP contribution in [0.1, 0.15) is 11.5 Å². The molecule has 1 aliphatic rings. The first-order valence-corrected chi connectivity index (χ1v) is 11.9. The summed E-state index contributed by atoms with van der Waals surface area (Å²) in [4.78, 5) is 22.8. The third-order valence-electron chi connectivity index (χ3n) is 6.52. The van der Waals surface area contributed by atoms with Crippen molar-refractivity contribution in [2.75, 3.05) is 32.0 Å². The van der Waals surface area contributed by atoms with E-state index in [1.807, 2.05) is 0 Å². The van der Waals surface area contributed by atoms with E-state index in [2.05, 4.69) is 20.0 Å². The number of hydrogen-bond donors (Lipinski definition) is 2. The molecule has 39 heavy (non-hydrogen) atoms. The lowest BCUT2D eigenvalue weighted by atomic mass is 9.96. The van der Waals surface area contributed by atoms with Gasteiger partial charge in [-0.3, -0.25) is 9.80 Å². The van der Waals surface area contributed by atoms with Crippen molar-refractivity contribution in [3.05, 3.63) is 66.5 Å². The Morgan fingerprint density at radius 1 is 1.03 bits per heavy atom. The number of carbonyl (C=O) groups is 1. The number of benzene rings is 2. The molecule has 1 saturated heterocycles. The van der Waals surface area contributed by atoms with E-state index >= 15 is 0 Å². The molecule has 3 unspecified atom stereocenters. The number of anilines is 2. The molecular weight excluding hydrogens is 525 g/mol. The van der Waals surface area contributed by atoms with Crippen LogP contribution in [0.15, 0.2) is 60.9 Å². The fourth-order valence-electron chi connectivity index (χ4n) is 4.32. The number of rotatable bonds is 9. The minimum absolute atomic E-state index is 0.0368. The molecule has 208 valence electrons. The van der Waals surface area contributed by atoms with Crippen LogP contribution in [0, 0.1) is 0 Å². The molecule has 13 heteroatoms. The number of halogens is 5. The number of aliphatic hydroxyl groups excluding tert-OH is 1. The van der Waals surface area contributed by atoms with Gasteiger partial charge in [-0.15, -0.1) is 0 Å². The van der Waals surface area contributed by atoms with Crippen LogP contribution in [0.2, 0.25) is 0 Å². The van der Waals surface area contributed by atoms with Crippen molar-refractivity contribution in [3.8, 4) is 16.9 Å². The van der Waals surface area contributed by atoms with Crippen molar-refractivity contribution in [3.63, 3.8) is 0 Å². The topological polar surface area (TPSA) is 90.8 Å². The van der Waals surface area contributed by atoms with Crippen molar-refractivity contribution in [1.82, 2.24) is 19.8 Å². The first kappa shape index (κ1) is 28.3. The number of aldehydes is 1. The average Bonchev–Trinajstić information content (AvgIpc) is 2.90. The van der Waals surface area contributed by atoms with Gasteiger partial charge in [0, 0.05) is 43.3 Å². The number of alkyl halides is 5. The summed E-state index contributed by atoms with van der Waals surface area (Å²) in [5, 5.41) is 13.8. The summed E-state index contributed by atoms with van der Waals surface area (Å²) in [7, 11) is 1.38. The average molecular weight is 552 g/mol. The number of hydrogen-bond acceptors (Lipinski definition) is 8. The van der Waals surface area contributed by atoms with Gasteiger partial charge in [-0.05, 0) is 42.4 Å². The molecule has 2 heterocycles. The summed E-state index contributed by atoms with van der Waals surface area (Å²) >= 11 is 0. The Balaban J connectivity index is 1.39. The van der Waals surface area contributed by atoms with E-state index in [4.69, 9.17) is 0 Å². The summed E-state index contributed by atoms with van der Waals surface area (Å²) in [5.74, 6) is -0.731. The van der Waals surface area contributed by atoms with E-state index in [0.717, 1.165) is 0 Å². The Hall–Kier alpha value is -3.68. The maximum atomic E-state index is 13.4. The lowest BCUT2D eigenvalue weighted by molar-refractivity contribution is -0.202. The normalized spacial score (nSPS) is 18.5. The number of carbonyl (C=O) groups excluding carboxylic acids is 1. The highest BCUT2D eigenvalue weighted by Crippen LogP contribution is 2.30. The van der Waals surface area contributed by atoms with Gasteiger partial charge in [-0.1, -0.05) is 24.3 Å². The quantitative estimate of drug-likeness (QED) is 0.301. The van der Waals surface area contributed by atoms with Crippen molar-refractivity contribution < 1.29 is 36.6 Å². The first-order valence-electron chi connectivity index (χ1n) is 11.9. The number of likely N-dealkylation sites (N-methyl/N-ethyl adjacent to an activating group) is 1. The third-order valence-corrected chi connectivity index (χ3v) is 6.52. The monoisotopic (exact) mass is 551 g/mol. The maximum Gasteiger partial charge on any atom is 0.405 e. The summed E-state index contributed by atoms with van der Waals surface area (Å²) in [6.07, 6.45) is -2.23. The molecule has 2 aromatic carbocycles. The Bertz CT molecular complexity index is 1230. The standard InChI is InChI=1S/C26H26F5N5O3/c1-35-10-11-36(14-22(35)26(29,30)31)23(38)21(15-37)17-2-6-19(7-3-17)34-25-32-12-18(13-33-25)16-4-8-20(9-5-16)39-24(27)28/h2-9,12-13,15,21-24,38H,10-11,14H2,1H3,(H,32,33,34). The Morgan fingerprint density at radius 2 is 1.67 bits per heavy atom. The van der Waals surface area contributed by atoms with Gasteiger partial charge >= 0.3 is 12.8 Å². The maximum absolute atomic E-state index is 13.4. The zero-order valence-electron chi connectivity index (χ0n) is 20.7. The van der Waals surface area contributed by atoms with Gasteiger partial charge in [-0.25, -0.2) is 9.97 Å². The Labute approximate surface area is 221 Å². The van der Waals surface area contributed by atoms with Gasteiger partial charge in [-0.2, -0.15) is 22.0 Å². The van der Waals surface area contributed by atoms with Gasteiger partial charge in [0.15, 0.2) is 0 Å². The SMILES string of the molecule is CN1CCN(C(O)C(C=O)c2ccc(Nc3ncc(-c4ccc(OC(F)F)cc4)cn3)cc2)CC1C(F)(F)F. The number of aromatic nitrogens is 2. The van der Waals surface area contributed by atoms with Gasteiger partial charge in [0.05, 0.1) is 5.92 Å². The molecule has 2 N–H and O–H groups in total. The molecule has 0 spiro atoms. The summed E-state index contributed by atoms with van der Waals surface area (Å²) < 4.78 is 69.0. The smallest absolute Gasteiger partial charge is 0.405 e. The van der Waals surface area contributed by atoms with Crippen LogP contribution in [-0.4, -0.2) is 82.9 Å². The zero-order valence-corrected chi connectivity index (χ0v) is 20.7. The van der Waals surface area contributed by atoms with Crippen molar-refractivity contribution in [1.29, 1.82) is 0 Å². The van der Waals surface area contributed by atoms with E-state index in [9.17, 15) is 31.9 Å². The number of nitrogens with one attached hydrogen (secondary N) is 1. The van der Waals surface area contributed by atoms with Crippen LogP contribution in [0.4, 0.5) is 33.6 Å². The van der Waals surface area contributed by atoms with Gasteiger partial charge in [0.2, 0.25) is 5.95 Å². The van der Waals surface area contributed by atoms with Crippen LogP contribution in [-0.2, 0) is 4.79 Å². The summed E-state index contributed by atoms with van der Waals surface area (Å²) in [6, 6.07) is 10.8. The molecule has 1 aromatic heterocycles. The highest BCUT2D eigenvalue weighted by atomic mass is 19.4. The van der Waals surface area contributed by atoms with E-state index in [1.165, 1.54) is 29.0 Å². The zero-order chi connectivity index (χ0) is 28.2. The predicted molar refractivity (Wildman–Crippen MR) is 133 cm³/mol. The fraction of sp³-hybridized carbons (Fsp3) is 0.346. The van der Waals surface area contributed by atoms with Gasteiger partial charge in [0.25, 0.3) is 0 Å². The molecular formula is C26H26F5N5O3. The molecule has 1 aliphatic heterocycles. The molecule has 0 aliphatic carbocycles. The highest BCUT2D eigenvalue weighted by Gasteiger charge is 2.46. The molecule has 0 bridgehead atoms. The first-order chi connectivity index (χ1) is 18.5. The van der Waals surface area contributed by atoms with Crippen LogP contribution < -0.4 is 10.1 Å². The molecule has 0 amide bonds. The van der Waals surface area contributed by atoms with Crippen LogP contribution in [0.3, 0.4) is 0 Å². The fourth-order valence-corrected chi connectivity index (χ4v) is 4.32. The Morgan fingerprint density at radius 3 is 2.23 bits per heavy atom. The van der Waals surface area contributed by atoms with Crippen LogP contribution >= 0.6 is 0 Å². The largest absolute Gasteiger partial charge is 0.435 e. The summed E-state index contributed by atoms with van der Waals surface area (Å²) in [5.41, 5.74) is 2.38. The van der Waals surface area contributed by atoms with Crippen molar-refractivity contribution in [2.45, 2.75) is 31.0 Å². The molecule has 0 radical (unpaired) electrons. The lowest BCUT2D eigenvalue weighted by Gasteiger charge is -2.43. The Kier molecular flexibility index (Phi) is 8.73. The highest BCUT2D eigenvalue weighted by molar-refractivity contribution is 5.65. The van der Waals surface area contributed by atoms with Crippen LogP contribution in [0.5, 0.6) is 5.75 Å². The minimum atomic E-state index is -4.45. The molecule has 3 atom stereocenters. The number of ether oxygens (including phenoxy) is 1. The second-order valence-corrected chi connectivity index (χ2v) is 9.05. The molecule has 4 rings (SSSR count). The van der Waals surface area contributed by atoms with Crippen molar-refractivity contribution >= 4 is 17.9 Å². The van der Waals surface area contributed by atoms with Crippen molar-refractivity contribution in [2.24, 2.45) is 0 Å². The second-order valence-electron chi connectivity index (χ2n) is 9.05. The van der Waals surface area contributed by atoms with Gasteiger partial charge in [0.1, 0.15) is 24.3 Å². The van der Waals surface area contributed by atoms with Gasteiger partial charge < -0.3 is 20.0 Å².